The summed E-state index contributed by atoms with van der Waals surface area (Å²) in [5.74, 6) is 1.45. The molecule has 0 aliphatic carbocycles. The number of ether oxygens (including phenoxy) is 1. The number of nitrogens with zero attached hydrogens (tertiary/aromatic N) is 3. The van der Waals surface area contributed by atoms with Gasteiger partial charge in [0.1, 0.15) is 5.82 Å². The van der Waals surface area contributed by atoms with Crippen molar-refractivity contribution in [3.8, 4) is 5.88 Å². The van der Waals surface area contributed by atoms with Gasteiger partial charge in [0, 0.05) is 32.7 Å². The molecule has 1 aromatic carbocycles. The number of halogens is 4. The Morgan fingerprint density at radius 1 is 1.04 bits per heavy atom. The molecule has 4 nitrogen and oxygen atoms in total. The Morgan fingerprint density at radius 2 is 1.70 bits per heavy atom. The molecule has 1 aliphatic heterocycles. The minimum atomic E-state index is -4.28. The zero-order valence-corrected chi connectivity index (χ0v) is 16.6. The van der Waals surface area contributed by atoms with Crippen LogP contribution in [0.15, 0.2) is 40.9 Å². The zero-order valence-electron chi connectivity index (χ0n) is 15.0. The van der Waals surface area contributed by atoms with Gasteiger partial charge in [-0.25, -0.2) is 0 Å². The predicted molar refractivity (Wildman–Crippen MR) is 102 cm³/mol. The molecule has 8 heteroatoms. The normalized spacial score (nSPS) is 15.8. The minimum absolute atomic E-state index is 0.567. The maximum absolute atomic E-state index is 12.6. The SMILES string of the molecule is COc1nc(N2CCN(CCc3ccc(C(F)(F)F)cc3)CC2)ccc1Br. The molecule has 3 rings (SSSR count). The molecular formula is C19H21BrF3N3O. The number of hydrogen-bond donors (Lipinski definition) is 0. The fourth-order valence-electron chi connectivity index (χ4n) is 3.08. The molecule has 1 fully saturated rings. The summed E-state index contributed by atoms with van der Waals surface area (Å²) in [7, 11) is 1.59. The lowest BCUT2D eigenvalue weighted by Gasteiger charge is -2.35. The van der Waals surface area contributed by atoms with Gasteiger partial charge in [0.05, 0.1) is 17.1 Å². The van der Waals surface area contributed by atoms with Crippen LogP contribution in [0.5, 0.6) is 5.88 Å². The molecule has 0 bridgehead atoms. The van der Waals surface area contributed by atoms with E-state index in [4.69, 9.17) is 4.74 Å². The highest BCUT2D eigenvalue weighted by Gasteiger charge is 2.29. The summed E-state index contributed by atoms with van der Waals surface area (Å²) in [6.45, 7) is 4.31. The molecular weight excluding hydrogens is 423 g/mol. The van der Waals surface area contributed by atoms with Crippen molar-refractivity contribution >= 4 is 21.7 Å². The van der Waals surface area contributed by atoms with Crippen molar-refractivity contribution < 1.29 is 17.9 Å². The third-order valence-corrected chi connectivity index (χ3v) is 5.29. The Kier molecular flexibility index (Phi) is 6.26. The molecule has 0 N–H and O–H groups in total. The van der Waals surface area contributed by atoms with Gasteiger partial charge in [0.15, 0.2) is 0 Å². The van der Waals surface area contributed by atoms with E-state index in [0.29, 0.717) is 5.88 Å². The van der Waals surface area contributed by atoms with Crippen LogP contribution in [-0.2, 0) is 12.6 Å². The summed E-state index contributed by atoms with van der Waals surface area (Å²) in [6.07, 6.45) is -3.54. The number of pyridine rings is 1. The van der Waals surface area contributed by atoms with Crippen molar-refractivity contribution in [2.75, 3.05) is 44.7 Å². The largest absolute Gasteiger partial charge is 0.480 e. The van der Waals surface area contributed by atoms with Crippen LogP contribution in [0.4, 0.5) is 19.0 Å². The summed E-state index contributed by atoms with van der Waals surface area (Å²) < 4.78 is 43.9. The fraction of sp³-hybridized carbons (Fsp3) is 0.421. The highest BCUT2D eigenvalue weighted by molar-refractivity contribution is 9.10. The van der Waals surface area contributed by atoms with Gasteiger partial charge in [-0.1, -0.05) is 12.1 Å². The molecule has 0 spiro atoms. The smallest absolute Gasteiger partial charge is 0.416 e. The molecule has 1 saturated heterocycles. The highest BCUT2D eigenvalue weighted by atomic mass is 79.9. The van der Waals surface area contributed by atoms with E-state index in [1.54, 1.807) is 19.2 Å². The van der Waals surface area contributed by atoms with Crippen LogP contribution in [0, 0.1) is 0 Å². The second-order valence-corrected chi connectivity index (χ2v) is 7.29. The van der Waals surface area contributed by atoms with Crippen molar-refractivity contribution in [3.05, 3.63) is 52.0 Å². The molecule has 1 aliphatic rings. The molecule has 2 aromatic rings. The second kappa shape index (κ2) is 8.48. The van der Waals surface area contributed by atoms with Crippen LogP contribution in [0.1, 0.15) is 11.1 Å². The number of methoxy groups -OCH3 is 1. The lowest BCUT2D eigenvalue weighted by molar-refractivity contribution is -0.137. The van der Waals surface area contributed by atoms with Crippen molar-refractivity contribution in [1.29, 1.82) is 0 Å². The monoisotopic (exact) mass is 443 g/mol. The van der Waals surface area contributed by atoms with Gasteiger partial charge in [-0.2, -0.15) is 18.2 Å². The first kappa shape index (κ1) is 19.9. The second-order valence-electron chi connectivity index (χ2n) is 6.43. The van der Waals surface area contributed by atoms with Gasteiger partial charge in [-0.15, -0.1) is 0 Å². The summed E-state index contributed by atoms with van der Waals surface area (Å²) in [5, 5.41) is 0. The average Bonchev–Trinajstić information content (AvgIpc) is 2.67. The van der Waals surface area contributed by atoms with E-state index < -0.39 is 11.7 Å². The maximum atomic E-state index is 12.6. The molecule has 146 valence electrons. The number of rotatable bonds is 5. The first-order chi connectivity index (χ1) is 12.9. The first-order valence-electron chi connectivity index (χ1n) is 8.71. The Balaban J connectivity index is 1.50. The molecule has 0 radical (unpaired) electrons. The molecule has 1 aromatic heterocycles. The van der Waals surface area contributed by atoms with Crippen LogP contribution in [-0.4, -0.2) is 49.7 Å². The standard InChI is InChI=1S/C19H21BrF3N3O/c1-27-18-16(20)6-7-17(24-18)26-12-10-25(11-13-26)9-8-14-2-4-15(5-3-14)19(21,22)23/h2-7H,8-13H2,1H3. The number of aromatic nitrogens is 1. The van der Waals surface area contributed by atoms with Crippen LogP contribution < -0.4 is 9.64 Å². The highest BCUT2D eigenvalue weighted by Crippen LogP contribution is 2.29. The summed E-state index contributed by atoms with van der Waals surface area (Å²) in [6, 6.07) is 9.33. The summed E-state index contributed by atoms with van der Waals surface area (Å²) >= 11 is 3.41. The Hall–Kier alpha value is -1.80. The molecule has 0 saturated carbocycles. The van der Waals surface area contributed by atoms with Gasteiger partial charge >= 0.3 is 6.18 Å². The van der Waals surface area contributed by atoms with E-state index in [0.717, 1.165) is 67.1 Å². The molecule has 27 heavy (non-hydrogen) atoms. The fourth-order valence-corrected chi connectivity index (χ4v) is 3.46. The predicted octanol–water partition coefficient (Wildman–Crippen LogP) is 4.24. The summed E-state index contributed by atoms with van der Waals surface area (Å²) in [4.78, 5) is 9.04. The van der Waals surface area contributed by atoms with Gasteiger partial charge in [-0.05, 0) is 52.2 Å². The topological polar surface area (TPSA) is 28.6 Å². The lowest BCUT2D eigenvalue weighted by Crippen LogP contribution is -2.47. The third-order valence-electron chi connectivity index (χ3n) is 4.69. The Bertz CT molecular complexity index is 760. The van der Waals surface area contributed by atoms with E-state index in [1.807, 2.05) is 12.1 Å². The molecule has 0 unspecified atom stereocenters. The number of hydrogen-bond acceptors (Lipinski definition) is 4. The van der Waals surface area contributed by atoms with Gasteiger partial charge < -0.3 is 9.64 Å². The Morgan fingerprint density at radius 3 is 2.30 bits per heavy atom. The quantitative estimate of drug-likeness (QED) is 0.690. The average molecular weight is 444 g/mol. The van der Waals surface area contributed by atoms with Gasteiger partial charge in [0.25, 0.3) is 0 Å². The third kappa shape index (κ3) is 5.13. The van der Waals surface area contributed by atoms with E-state index >= 15 is 0 Å². The van der Waals surface area contributed by atoms with E-state index in [2.05, 4.69) is 30.7 Å². The number of anilines is 1. The van der Waals surface area contributed by atoms with E-state index in [1.165, 1.54) is 0 Å². The van der Waals surface area contributed by atoms with Crippen LogP contribution >= 0.6 is 15.9 Å². The Labute approximate surface area is 165 Å². The van der Waals surface area contributed by atoms with Crippen molar-refractivity contribution in [3.63, 3.8) is 0 Å². The van der Waals surface area contributed by atoms with Crippen LogP contribution in [0.2, 0.25) is 0 Å². The maximum Gasteiger partial charge on any atom is 0.416 e. The number of benzene rings is 1. The van der Waals surface area contributed by atoms with Crippen molar-refractivity contribution in [1.82, 2.24) is 9.88 Å². The molecule has 0 amide bonds. The summed E-state index contributed by atoms with van der Waals surface area (Å²) in [5.41, 5.74) is 0.321. The minimum Gasteiger partial charge on any atom is -0.480 e. The van der Waals surface area contributed by atoms with E-state index in [9.17, 15) is 13.2 Å². The van der Waals surface area contributed by atoms with Gasteiger partial charge in [-0.3, -0.25) is 4.90 Å². The van der Waals surface area contributed by atoms with Crippen molar-refractivity contribution in [2.24, 2.45) is 0 Å². The van der Waals surface area contributed by atoms with Gasteiger partial charge in [0.2, 0.25) is 5.88 Å². The van der Waals surface area contributed by atoms with E-state index in [-0.39, 0.29) is 0 Å². The number of piperazine rings is 1. The molecule has 0 atom stereocenters. The van der Waals surface area contributed by atoms with Crippen LogP contribution in [0.3, 0.4) is 0 Å². The lowest BCUT2D eigenvalue weighted by atomic mass is 10.1. The van der Waals surface area contributed by atoms with Crippen molar-refractivity contribution in [2.45, 2.75) is 12.6 Å². The first-order valence-corrected chi connectivity index (χ1v) is 9.50. The molecule has 2 heterocycles. The number of alkyl halides is 3. The zero-order chi connectivity index (χ0) is 19.4. The van der Waals surface area contributed by atoms with Crippen LogP contribution in [0.25, 0.3) is 0 Å².